The summed E-state index contributed by atoms with van der Waals surface area (Å²) in [4.78, 5) is 11.0. The van der Waals surface area contributed by atoms with E-state index in [-0.39, 0.29) is 22.8 Å². The van der Waals surface area contributed by atoms with Crippen LogP contribution in [0.4, 0.5) is 11.4 Å². The van der Waals surface area contributed by atoms with Crippen molar-refractivity contribution in [1.82, 2.24) is 0 Å². The lowest BCUT2D eigenvalue weighted by molar-refractivity contribution is -0.385. The van der Waals surface area contributed by atoms with Gasteiger partial charge in [0.1, 0.15) is 11.8 Å². The number of benzene rings is 1. The zero-order chi connectivity index (χ0) is 15.2. The third-order valence-electron chi connectivity index (χ3n) is 3.75. The molecular weight excluding hydrogens is 272 g/mol. The molecule has 1 aromatic rings. The Morgan fingerprint density at radius 3 is 2.81 bits per heavy atom. The number of anilines is 1. The van der Waals surface area contributed by atoms with Gasteiger partial charge in [-0.05, 0) is 38.3 Å². The van der Waals surface area contributed by atoms with E-state index in [0.29, 0.717) is 18.0 Å². The Morgan fingerprint density at radius 1 is 1.38 bits per heavy atom. The van der Waals surface area contributed by atoms with Crippen molar-refractivity contribution in [1.29, 1.82) is 0 Å². The van der Waals surface area contributed by atoms with Gasteiger partial charge in [-0.15, -0.1) is 0 Å². The van der Waals surface area contributed by atoms with Gasteiger partial charge >= 0.3 is 5.69 Å². The van der Waals surface area contributed by atoms with Gasteiger partial charge in [0.05, 0.1) is 11.0 Å². The lowest BCUT2D eigenvalue weighted by atomic mass is 9.95. The van der Waals surface area contributed by atoms with Gasteiger partial charge in [0.25, 0.3) is 0 Å². The molecule has 2 unspecified atom stereocenters. The number of methoxy groups -OCH3 is 1. The number of hydrogen-bond acceptors (Lipinski definition) is 5. The first-order chi connectivity index (χ1) is 10.2. The largest absolute Gasteiger partial charge is 0.483 e. The molecule has 0 spiro atoms. The second-order valence-corrected chi connectivity index (χ2v) is 5.20. The van der Waals surface area contributed by atoms with Crippen molar-refractivity contribution in [3.05, 3.63) is 28.3 Å². The smallest absolute Gasteiger partial charge is 0.333 e. The summed E-state index contributed by atoms with van der Waals surface area (Å²) in [6.07, 6.45) is 3.88. The van der Waals surface area contributed by atoms with Crippen molar-refractivity contribution in [2.45, 2.75) is 44.8 Å². The van der Waals surface area contributed by atoms with E-state index >= 15 is 0 Å². The molecule has 1 aliphatic rings. The van der Waals surface area contributed by atoms with Gasteiger partial charge in [-0.2, -0.15) is 0 Å². The molecule has 6 nitrogen and oxygen atoms in total. The first kappa shape index (κ1) is 15.6. The standard InChI is InChI=1S/C15H22N2O4/c1-3-16-13-8-5-9-14(15(13)17(18)19)21-12-7-4-6-11(10-12)20-2/h5,8-9,11-12,16H,3-4,6-7,10H2,1-2H3. The fourth-order valence-electron chi connectivity index (χ4n) is 2.74. The highest BCUT2D eigenvalue weighted by Crippen LogP contribution is 2.37. The number of nitrogens with one attached hydrogen (secondary N) is 1. The highest BCUT2D eigenvalue weighted by atomic mass is 16.6. The Labute approximate surface area is 124 Å². The predicted octanol–water partition coefficient (Wildman–Crippen LogP) is 3.36. The van der Waals surface area contributed by atoms with Crippen LogP contribution in [0.2, 0.25) is 0 Å². The second-order valence-electron chi connectivity index (χ2n) is 5.20. The molecule has 0 bridgehead atoms. The van der Waals surface area contributed by atoms with Crippen molar-refractivity contribution >= 4 is 11.4 Å². The summed E-state index contributed by atoms with van der Waals surface area (Å²) in [5.74, 6) is 0.334. The molecule has 6 heteroatoms. The number of rotatable bonds is 6. The van der Waals surface area contributed by atoms with Gasteiger partial charge in [0.2, 0.25) is 0 Å². The van der Waals surface area contributed by atoms with Gasteiger partial charge in [-0.1, -0.05) is 6.07 Å². The molecule has 2 atom stereocenters. The molecule has 0 aliphatic heterocycles. The quantitative estimate of drug-likeness (QED) is 0.643. The van der Waals surface area contributed by atoms with Crippen LogP contribution in [0, 0.1) is 10.1 Å². The van der Waals surface area contributed by atoms with E-state index in [1.807, 2.05) is 6.92 Å². The molecule has 0 heterocycles. The Kier molecular flexibility index (Phi) is 5.38. The summed E-state index contributed by atoms with van der Waals surface area (Å²) in [6, 6.07) is 5.14. The second kappa shape index (κ2) is 7.26. The monoisotopic (exact) mass is 294 g/mol. The lowest BCUT2D eigenvalue weighted by Gasteiger charge is -2.28. The molecule has 1 N–H and O–H groups in total. The molecule has 0 saturated heterocycles. The van der Waals surface area contributed by atoms with E-state index < -0.39 is 0 Å². The number of nitrogens with zero attached hydrogens (tertiary/aromatic N) is 1. The molecule has 2 rings (SSSR count). The highest BCUT2D eigenvalue weighted by Gasteiger charge is 2.27. The van der Waals surface area contributed by atoms with E-state index in [1.54, 1.807) is 25.3 Å². The van der Waals surface area contributed by atoms with Crippen molar-refractivity contribution in [3.63, 3.8) is 0 Å². The van der Waals surface area contributed by atoms with E-state index in [4.69, 9.17) is 9.47 Å². The summed E-state index contributed by atoms with van der Waals surface area (Å²) < 4.78 is 11.3. The first-order valence-electron chi connectivity index (χ1n) is 7.36. The molecule has 1 aliphatic carbocycles. The minimum Gasteiger partial charge on any atom is -0.483 e. The Hall–Kier alpha value is -1.82. The molecule has 0 radical (unpaired) electrons. The van der Waals surface area contributed by atoms with Crippen LogP contribution in [0.1, 0.15) is 32.6 Å². The molecule has 1 saturated carbocycles. The van der Waals surface area contributed by atoms with Gasteiger partial charge in [-0.25, -0.2) is 0 Å². The average molecular weight is 294 g/mol. The summed E-state index contributed by atoms with van der Waals surface area (Å²) in [5.41, 5.74) is 0.512. The summed E-state index contributed by atoms with van der Waals surface area (Å²) >= 11 is 0. The van der Waals surface area contributed by atoms with Gasteiger partial charge in [0, 0.05) is 20.1 Å². The fraction of sp³-hybridized carbons (Fsp3) is 0.600. The van der Waals surface area contributed by atoms with E-state index in [0.717, 1.165) is 25.7 Å². The average Bonchev–Trinajstić information content (AvgIpc) is 2.47. The maximum absolute atomic E-state index is 11.3. The Bertz CT molecular complexity index is 493. The predicted molar refractivity (Wildman–Crippen MR) is 80.9 cm³/mol. The Balaban J connectivity index is 2.19. The van der Waals surface area contributed by atoms with Gasteiger partial charge < -0.3 is 14.8 Å². The Morgan fingerprint density at radius 2 is 2.14 bits per heavy atom. The van der Waals surface area contributed by atoms with E-state index in [2.05, 4.69) is 5.32 Å². The fourth-order valence-corrected chi connectivity index (χ4v) is 2.74. The minimum atomic E-state index is -0.385. The number of para-hydroxylation sites is 1. The summed E-state index contributed by atoms with van der Waals surface area (Å²) in [6.45, 7) is 2.53. The van der Waals surface area contributed by atoms with Crippen LogP contribution in [-0.4, -0.2) is 30.8 Å². The summed E-state index contributed by atoms with van der Waals surface area (Å²) in [5, 5.41) is 14.3. The zero-order valence-electron chi connectivity index (χ0n) is 12.5. The number of hydrogen-bond donors (Lipinski definition) is 1. The number of nitro groups is 1. The highest BCUT2D eigenvalue weighted by molar-refractivity contribution is 5.68. The number of nitro benzene ring substituents is 1. The van der Waals surface area contributed by atoms with Crippen molar-refractivity contribution < 1.29 is 14.4 Å². The third-order valence-corrected chi connectivity index (χ3v) is 3.75. The van der Waals surface area contributed by atoms with Crippen LogP contribution in [0.15, 0.2) is 18.2 Å². The first-order valence-corrected chi connectivity index (χ1v) is 7.36. The molecular formula is C15H22N2O4. The molecule has 1 fully saturated rings. The molecule has 1 aromatic carbocycles. The van der Waals surface area contributed by atoms with Crippen molar-refractivity contribution in [2.75, 3.05) is 19.0 Å². The maximum atomic E-state index is 11.3. The lowest BCUT2D eigenvalue weighted by Crippen LogP contribution is -2.29. The van der Waals surface area contributed by atoms with E-state index in [1.165, 1.54) is 0 Å². The van der Waals surface area contributed by atoms with Crippen LogP contribution >= 0.6 is 0 Å². The van der Waals surface area contributed by atoms with Crippen LogP contribution < -0.4 is 10.1 Å². The van der Waals surface area contributed by atoms with Crippen molar-refractivity contribution in [3.8, 4) is 5.75 Å². The molecule has 116 valence electrons. The van der Waals surface area contributed by atoms with Crippen LogP contribution in [0.25, 0.3) is 0 Å². The SMILES string of the molecule is CCNc1cccc(OC2CCCC(OC)C2)c1[N+](=O)[O-]. The molecule has 0 amide bonds. The zero-order valence-corrected chi connectivity index (χ0v) is 12.5. The van der Waals surface area contributed by atoms with E-state index in [9.17, 15) is 10.1 Å². The van der Waals surface area contributed by atoms with Crippen LogP contribution in [-0.2, 0) is 4.74 Å². The normalized spacial score (nSPS) is 21.8. The van der Waals surface area contributed by atoms with Gasteiger partial charge in [-0.3, -0.25) is 10.1 Å². The minimum absolute atomic E-state index is 0.0129. The third kappa shape index (κ3) is 3.85. The van der Waals surface area contributed by atoms with Crippen LogP contribution in [0.3, 0.4) is 0 Å². The molecule has 0 aromatic heterocycles. The molecule has 21 heavy (non-hydrogen) atoms. The van der Waals surface area contributed by atoms with Crippen molar-refractivity contribution in [2.24, 2.45) is 0 Å². The topological polar surface area (TPSA) is 73.6 Å². The maximum Gasteiger partial charge on any atom is 0.333 e. The number of ether oxygens (including phenoxy) is 2. The van der Waals surface area contributed by atoms with Crippen LogP contribution in [0.5, 0.6) is 5.75 Å². The van der Waals surface area contributed by atoms with Gasteiger partial charge in [0.15, 0.2) is 5.75 Å². The summed E-state index contributed by atoms with van der Waals surface area (Å²) in [7, 11) is 1.70.